The topological polar surface area (TPSA) is 12.0 Å². The molecule has 1 fully saturated rings. The second kappa shape index (κ2) is 5.15. The Balaban J connectivity index is 2.02. The van der Waals surface area contributed by atoms with Gasteiger partial charge in [0.25, 0.3) is 0 Å². The van der Waals surface area contributed by atoms with Gasteiger partial charge in [-0.25, -0.2) is 8.78 Å². The number of thioether (sulfide) groups is 1. The van der Waals surface area contributed by atoms with E-state index in [1.54, 1.807) is 6.07 Å². The summed E-state index contributed by atoms with van der Waals surface area (Å²) >= 11 is 1.93. The molecule has 16 heavy (non-hydrogen) atoms. The summed E-state index contributed by atoms with van der Waals surface area (Å²) in [4.78, 5) is 0. The maximum atomic E-state index is 13.0. The van der Waals surface area contributed by atoms with E-state index in [0.717, 1.165) is 17.7 Å². The lowest BCUT2D eigenvalue weighted by atomic mass is 10.1. The van der Waals surface area contributed by atoms with E-state index in [4.69, 9.17) is 0 Å². The van der Waals surface area contributed by atoms with Crippen molar-refractivity contribution in [2.75, 3.05) is 11.5 Å². The quantitative estimate of drug-likeness (QED) is 0.875. The molecule has 0 bridgehead atoms. The molecule has 1 nitrogen and oxygen atoms in total. The Morgan fingerprint density at radius 2 is 2.19 bits per heavy atom. The average Bonchev–Trinajstić information content (AvgIpc) is 2.74. The lowest BCUT2D eigenvalue weighted by molar-refractivity contribution is 0.475. The van der Waals surface area contributed by atoms with Crippen molar-refractivity contribution < 1.29 is 8.78 Å². The zero-order valence-electron chi connectivity index (χ0n) is 9.17. The Morgan fingerprint density at radius 3 is 2.81 bits per heavy atom. The van der Waals surface area contributed by atoms with Crippen LogP contribution in [0.1, 0.15) is 24.9 Å². The molecular weight excluding hydrogens is 228 g/mol. The van der Waals surface area contributed by atoms with Gasteiger partial charge in [0.15, 0.2) is 11.6 Å². The molecule has 0 saturated carbocycles. The van der Waals surface area contributed by atoms with Crippen molar-refractivity contribution in [1.82, 2.24) is 5.32 Å². The number of hydrogen-bond acceptors (Lipinski definition) is 2. The van der Waals surface area contributed by atoms with Gasteiger partial charge in [-0.2, -0.15) is 11.8 Å². The second-order valence-electron chi connectivity index (χ2n) is 4.12. The fourth-order valence-electron chi connectivity index (χ4n) is 1.90. The highest BCUT2D eigenvalue weighted by atomic mass is 32.2. The number of benzene rings is 1. The van der Waals surface area contributed by atoms with Crippen LogP contribution in [0.5, 0.6) is 0 Å². The van der Waals surface area contributed by atoms with E-state index in [0.29, 0.717) is 6.04 Å². The van der Waals surface area contributed by atoms with Gasteiger partial charge in [0, 0.05) is 17.8 Å². The van der Waals surface area contributed by atoms with E-state index < -0.39 is 11.6 Å². The molecular formula is C12H15F2NS. The normalized spacial score (nSPS) is 22.3. The van der Waals surface area contributed by atoms with Gasteiger partial charge in [-0.3, -0.25) is 0 Å². The van der Waals surface area contributed by atoms with E-state index in [2.05, 4.69) is 5.32 Å². The first-order chi connectivity index (χ1) is 7.66. The molecule has 0 spiro atoms. The summed E-state index contributed by atoms with van der Waals surface area (Å²) in [5.74, 6) is 0.732. The maximum Gasteiger partial charge on any atom is 0.159 e. The first kappa shape index (κ1) is 11.9. The van der Waals surface area contributed by atoms with Gasteiger partial charge in [-0.1, -0.05) is 6.07 Å². The third-order valence-corrected chi connectivity index (χ3v) is 4.02. The summed E-state index contributed by atoms with van der Waals surface area (Å²) < 4.78 is 25.8. The lowest BCUT2D eigenvalue weighted by Gasteiger charge is -2.19. The van der Waals surface area contributed by atoms with Crippen molar-refractivity contribution in [3.63, 3.8) is 0 Å². The highest BCUT2D eigenvalue weighted by molar-refractivity contribution is 7.99. The average molecular weight is 243 g/mol. The lowest BCUT2D eigenvalue weighted by Crippen LogP contribution is -2.31. The smallest absolute Gasteiger partial charge is 0.159 e. The molecule has 2 unspecified atom stereocenters. The molecule has 1 aromatic carbocycles. The summed E-state index contributed by atoms with van der Waals surface area (Å²) in [7, 11) is 0. The van der Waals surface area contributed by atoms with Crippen LogP contribution in [0, 0.1) is 11.6 Å². The molecule has 2 atom stereocenters. The summed E-state index contributed by atoms with van der Waals surface area (Å²) in [5, 5.41) is 3.43. The minimum absolute atomic E-state index is 0.0683. The molecule has 1 N–H and O–H groups in total. The Bertz CT molecular complexity index is 364. The number of halogens is 2. The van der Waals surface area contributed by atoms with Crippen molar-refractivity contribution in [2.45, 2.75) is 25.4 Å². The van der Waals surface area contributed by atoms with Crippen LogP contribution >= 0.6 is 11.8 Å². The largest absolute Gasteiger partial charge is 0.307 e. The molecule has 0 aromatic heterocycles. The van der Waals surface area contributed by atoms with Crippen LogP contribution in [0.2, 0.25) is 0 Å². The molecule has 1 aliphatic rings. The van der Waals surface area contributed by atoms with Crippen LogP contribution in [0.3, 0.4) is 0 Å². The van der Waals surface area contributed by atoms with Gasteiger partial charge in [-0.15, -0.1) is 0 Å². The molecule has 4 heteroatoms. The van der Waals surface area contributed by atoms with Gasteiger partial charge in [0.05, 0.1) is 0 Å². The molecule has 0 amide bonds. The minimum atomic E-state index is -0.785. The summed E-state index contributed by atoms with van der Waals surface area (Å²) in [6.45, 7) is 1.98. The van der Waals surface area contributed by atoms with Crippen LogP contribution in [-0.4, -0.2) is 17.5 Å². The SMILES string of the molecule is CC(NC1CCSC1)c1ccc(F)c(F)c1. The van der Waals surface area contributed by atoms with Gasteiger partial charge < -0.3 is 5.32 Å². The number of rotatable bonds is 3. The Morgan fingerprint density at radius 1 is 1.38 bits per heavy atom. The number of nitrogens with one attached hydrogen (secondary N) is 1. The zero-order valence-corrected chi connectivity index (χ0v) is 9.99. The summed E-state index contributed by atoms with van der Waals surface area (Å²) in [6, 6.07) is 4.66. The van der Waals surface area contributed by atoms with E-state index in [-0.39, 0.29) is 6.04 Å². The summed E-state index contributed by atoms with van der Waals surface area (Å²) in [6.07, 6.45) is 1.15. The maximum absolute atomic E-state index is 13.0. The Hall–Kier alpha value is -0.610. The highest BCUT2D eigenvalue weighted by Crippen LogP contribution is 2.22. The molecule has 88 valence electrons. The highest BCUT2D eigenvalue weighted by Gasteiger charge is 2.18. The van der Waals surface area contributed by atoms with Gasteiger partial charge in [0.2, 0.25) is 0 Å². The first-order valence-electron chi connectivity index (χ1n) is 5.45. The first-order valence-corrected chi connectivity index (χ1v) is 6.61. The van der Waals surface area contributed by atoms with Crippen molar-refractivity contribution in [3.05, 3.63) is 35.4 Å². The molecule has 2 rings (SSSR count). The van der Waals surface area contributed by atoms with Crippen molar-refractivity contribution >= 4 is 11.8 Å². The summed E-state index contributed by atoms with van der Waals surface area (Å²) in [5.41, 5.74) is 0.802. The molecule has 0 aliphatic carbocycles. The predicted molar refractivity (Wildman–Crippen MR) is 63.6 cm³/mol. The van der Waals surface area contributed by atoms with Crippen LogP contribution in [0.25, 0.3) is 0 Å². The zero-order chi connectivity index (χ0) is 11.5. The van der Waals surface area contributed by atoms with E-state index >= 15 is 0 Å². The van der Waals surface area contributed by atoms with Crippen LogP contribution in [-0.2, 0) is 0 Å². The van der Waals surface area contributed by atoms with Gasteiger partial charge in [0.1, 0.15) is 0 Å². The molecule has 1 aliphatic heterocycles. The van der Waals surface area contributed by atoms with E-state index in [1.165, 1.54) is 17.9 Å². The fraction of sp³-hybridized carbons (Fsp3) is 0.500. The minimum Gasteiger partial charge on any atom is -0.307 e. The third kappa shape index (κ3) is 2.74. The Labute approximate surface area is 98.6 Å². The third-order valence-electron chi connectivity index (χ3n) is 2.86. The van der Waals surface area contributed by atoms with Crippen molar-refractivity contribution in [1.29, 1.82) is 0 Å². The molecule has 1 saturated heterocycles. The van der Waals surface area contributed by atoms with Gasteiger partial charge >= 0.3 is 0 Å². The van der Waals surface area contributed by atoms with Gasteiger partial charge in [-0.05, 0) is 36.8 Å². The van der Waals surface area contributed by atoms with Crippen LogP contribution in [0.15, 0.2) is 18.2 Å². The Kier molecular flexibility index (Phi) is 3.82. The standard InChI is InChI=1S/C12H15F2NS/c1-8(15-10-4-5-16-7-10)9-2-3-11(13)12(14)6-9/h2-3,6,8,10,15H,4-5,7H2,1H3. The number of hydrogen-bond donors (Lipinski definition) is 1. The molecule has 0 radical (unpaired) electrons. The van der Waals surface area contributed by atoms with Crippen LogP contribution < -0.4 is 5.32 Å². The second-order valence-corrected chi connectivity index (χ2v) is 5.27. The predicted octanol–water partition coefficient (Wildman–Crippen LogP) is 3.12. The molecule has 1 heterocycles. The fourth-order valence-corrected chi connectivity index (χ4v) is 3.06. The van der Waals surface area contributed by atoms with Crippen molar-refractivity contribution in [2.24, 2.45) is 0 Å². The monoisotopic (exact) mass is 243 g/mol. The van der Waals surface area contributed by atoms with Crippen LogP contribution in [0.4, 0.5) is 8.78 Å². The van der Waals surface area contributed by atoms with Crippen molar-refractivity contribution in [3.8, 4) is 0 Å². The van der Waals surface area contributed by atoms with E-state index in [1.807, 2.05) is 18.7 Å². The van der Waals surface area contributed by atoms with E-state index in [9.17, 15) is 8.78 Å². The molecule has 1 aromatic rings.